The number of benzene rings is 3. The van der Waals surface area contributed by atoms with E-state index in [0.717, 1.165) is 16.7 Å². The Bertz CT molecular complexity index is 1020. The van der Waals surface area contributed by atoms with Crippen LogP contribution in [-0.2, 0) is 12.8 Å². The Balaban J connectivity index is 1.78. The largest absolute Gasteiger partial charge is 0.394 e. The molecular formula is C24H21Cl2NO2. The van der Waals surface area contributed by atoms with Crippen molar-refractivity contribution in [1.82, 2.24) is 4.90 Å². The molecule has 0 spiro atoms. The first-order valence-corrected chi connectivity index (χ1v) is 10.3. The Morgan fingerprint density at radius 1 is 1.00 bits per heavy atom. The molecule has 1 unspecified atom stereocenters. The Morgan fingerprint density at radius 2 is 1.72 bits per heavy atom. The molecule has 1 aliphatic rings. The quantitative estimate of drug-likeness (QED) is 0.599. The second-order valence-corrected chi connectivity index (χ2v) is 8.13. The predicted octanol–water partition coefficient (Wildman–Crippen LogP) is 5.34. The summed E-state index contributed by atoms with van der Waals surface area (Å²) in [4.78, 5) is 15.3. The summed E-state index contributed by atoms with van der Waals surface area (Å²) < 4.78 is 0. The van der Waals surface area contributed by atoms with Gasteiger partial charge in [-0.2, -0.15) is 0 Å². The van der Waals surface area contributed by atoms with Crippen molar-refractivity contribution in [1.29, 1.82) is 0 Å². The summed E-state index contributed by atoms with van der Waals surface area (Å²) in [6.45, 7) is -0.134. The molecule has 3 aromatic rings. The maximum Gasteiger partial charge on any atom is 0.255 e. The number of carbonyl (C=O) groups is 1. The first kappa shape index (κ1) is 20.0. The molecule has 148 valence electrons. The molecule has 4 rings (SSSR count). The number of hydrogen-bond donors (Lipinski definition) is 1. The minimum Gasteiger partial charge on any atom is -0.394 e. The number of aliphatic hydroxyl groups is 1. The highest BCUT2D eigenvalue weighted by Crippen LogP contribution is 2.38. The zero-order valence-electron chi connectivity index (χ0n) is 15.8. The molecule has 0 aliphatic carbocycles. The average molecular weight is 426 g/mol. The van der Waals surface area contributed by atoms with Crippen LogP contribution in [0.1, 0.15) is 33.1 Å². The van der Waals surface area contributed by atoms with Crippen molar-refractivity contribution >= 4 is 29.1 Å². The smallest absolute Gasteiger partial charge is 0.255 e. The summed E-state index contributed by atoms with van der Waals surface area (Å²) in [5, 5.41) is 11.3. The van der Waals surface area contributed by atoms with E-state index >= 15 is 0 Å². The first-order chi connectivity index (χ1) is 14.1. The number of halogens is 2. The van der Waals surface area contributed by atoms with Gasteiger partial charge < -0.3 is 10.0 Å². The Labute approximate surface area is 180 Å². The van der Waals surface area contributed by atoms with Crippen LogP contribution in [0.25, 0.3) is 0 Å². The summed E-state index contributed by atoms with van der Waals surface area (Å²) in [5.74, 6) is -0.0853. The standard InChI is InChI=1S/C24H21Cl2NO2/c25-18-10-11-21(22(26)14-18)23-13-17-8-4-5-9-20(17)24(29)27(23)19(15-28)12-16-6-2-1-3-7-16/h1-11,14,19,23,28H,12-13,15H2/t19-,23?/m0/s1. The van der Waals surface area contributed by atoms with Crippen molar-refractivity contribution in [2.45, 2.75) is 24.9 Å². The lowest BCUT2D eigenvalue weighted by Crippen LogP contribution is -2.49. The van der Waals surface area contributed by atoms with Crippen LogP contribution >= 0.6 is 23.2 Å². The minimum absolute atomic E-state index is 0.0853. The van der Waals surface area contributed by atoms with E-state index in [-0.39, 0.29) is 24.6 Å². The van der Waals surface area contributed by atoms with Crippen LogP contribution in [0.2, 0.25) is 10.0 Å². The van der Waals surface area contributed by atoms with Crippen LogP contribution in [-0.4, -0.2) is 28.6 Å². The molecule has 29 heavy (non-hydrogen) atoms. The number of rotatable bonds is 5. The van der Waals surface area contributed by atoms with Crippen molar-refractivity contribution in [3.8, 4) is 0 Å². The van der Waals surface area contributed by atoms with Crippen LogP contribution in [0, 0.1) is 0 Å². The maximum absolute atomic E-state index is 13.5. The predicted molar refractivity (Wildman–Crippen MR) is 117 cm³/mol. The normalized spacial score (nSPS) is 17.1. The summed E-state index contributed by atoms with van der Waals surface area (Å²) in [6, 6.07) is 22.3. The Kier molecular flexibility index (Phi) is 5.91. The molecule has 0 saturated heterocycles. The SMILES string of the molecule is O=C1c2ccccc2CC(c2ccc(Cl)cc2Cl)N1[C@H](CO)Cc1ccccc1. The second kappa shape index (κ2) is 8.58. The fraction of sp³-hybridized carbons (Fsp3) is 0.208. The zero-order chi connectivity index (χ0) is 20.4. The zero-order valence-corrected chi connectivity index (χ0v) is 17.3. The van der Waals surface area contributed by atoms with E-state index in [9.17, 15) is 9.90 Å². The molecule has 0 aromatic heterocycles. The van der Waals surface area contributed by atoms with E-state index in [2.05, 4.69) is 0 Å². The van der Waals surface area contributed by atoms with Gasteiger partial charge in [-0.3, -0.25) is 4.79 Å². The van der Waals surface area contributed by atoms with Gasteiger partial charge in [-0.25, -0.2) is 0 Å². The lowest BCUT2D eigenvalue weighted by molar-refractivity contribution is 0.0422. The van der Waals surface area contributed by atoms with Gasteiger partial charge >= 0.3 is 0 Å². The highest BCUT2D eigenvalue weighted by molar-refractivity contribution is 6.35. The molecule has 0 fully saturated rings. The van der Waals surface area contributed by atoms with Crippen LogP contribution in [0.3, 0.4) is 0 Å². The van der Waals surface area contributed by atoms with Gasteiger partial charge in [0, 0.05) is 15.6 Å². The van der Waals surface area contributed by atoms with Gasteiger partial charge in [0.05, 0.1) is 18.7 Å². The molecule has 0 radical (unpaired) electrons. The number of hydrogen-bond acceptors (Lipinski definition) is 2. The fourth-order valence-electron chi connectivity index (χ4n) is 4.08. The first-order valence-electron chi connectivity index (χ1n) is 9.58. The third kappa shape index (κ3) is 4.04. The second-order valence-electron chi connectivity index (χ2n) is 7.28. The molecule has 0 saturated carbocycles. The lowest BCUT2D eigenvalue weighted by atomic mass is 9.87. The van der Waals surface area contributed by atoms with Gasteiger partial charge in [0.15, 0.2) is 0 Å². The van der Waals surface area contributed by atoms with E-state index in [0.29, 0.717) is 28.5 Å². The molecule has 2 atom stereocenters. The highest BCUT2D eigenvalue weighted by atomic mass is 35.5. The topological polar surface area (TPSA) is 40.5 Å². The van der Waals surface area contributed by atoms with Gasteiger partial charge in [-0.15, -0.1) is 0 Å². The Morgan fingerprint density at radius 3 is 2.45 bits per heavy atom. The summed E-state index contributed by atoms with van der Waals surface area (Å²) in [7, 11) is 0. The van der Waals surface area contributed by atoms with Crippen LogP contribution in [0.5, 0.6) is 0 Å². The minimum atomic E-state index is -0.366. The van der Waals surface area contributed by atoms with E-state index in [1.54, 1.807) is 17.0 Å². The van der Waals surface area contributed by atoms with Crippen molar-refractivity contribution < 1.29 is 9.90 Å². The van der Waals surface area contributed by atoms with E-state index in [4.69, 9.17) is 23.2 Å². The third-order valence-electron chi connectivity index (χ3n) is 5.47. The van der Waals surface area contributed by atoms with Crippen molar-refractivity contribution in [2.24, 2.45) is 0 Å². The molecule has 1 aliphatic heterocycles. The fourth-order valence-corrected chi connectivity index (χ4v) is 4.62. The summed E-state index contributed by atoms with van der Waals surface area (Å²) in [5.41, 5.74) is 3.58. The van der Waals surface area contributed by atoms with E-state index in [1.165, 1.54) is 0 Å². The van der Waals surface area contributed by atoms with Gasteiger partial charge in [0.2, 0.25) is 0 Å². The molecule has 1 N–H and O–H groups in total. The molecule has 3 aromatic carbocycles. The number of nitrogens with zero attached hydrogens (tertiary/aromatic N) is 1. The molecule has 3 nitrogen and oxygen atoms in total. The van der Waals surface area contributed by atoms with Crippen LogP contribution in [0.4, 0.5) is 0 Å². The number of fused-ring (bicyclic) bond motifs is 1. The van der Waals surface area contributed by atoms with Gasteiger partial charge in [-0.1, -0.05) is 77.8 Å². The monoisotopic (exact) mass is 425 g/mol. The molecule has 0 bridgehead atoms. The lowest BCUT2D eigenvalue weighted by Gasteiger charge is -2.42. The summed E-state index contributed by atoms with van der Waals surface area (Å²) in [6.07, 6.45) is 1.20. The third-order valence-corrected chi connectivity index (χ3v) is 6.03. The van der Waals surface area contributed by atoms with Gasteiger partial charge in [-0.05, 0) is 47.7 Å². The molecular weight excluding hydrogens is 405 g/mol. The number of amides is 1. The van der Waals surface area contributed by atoms with Crippen LogP contribution in [0.15, 0.2) is 72.8 Å². The molecule has 5 heteroatoms. The van der Waals surface area contributed by atoms with Crippen LogP contribution < -0.4 is 0 Å². The van der Waals surface area contributed by atoms with Gasteiger partial charge in [0.1, 0.15) is 0 Å². The number of aliphatic hydroxyl groups excluding tert-OH is 1. The summed E-state index contributed by atoms with van der Waals surface area (Å²) >= 11 is 12.6. The van der Waals surface area contributed by atoms with Crippen molar-refractivity contribution in [3.05, 3.63) is 105 Å². The van der Waals surface area contributed by atoms with Crippen molar-refractivity contribution in [2.75, 3.05) is 6.61 Å². The maximum atomic E-state index is 13.5. The van der Waals surface area contributed by atoms with Crippen molar-refractivity contribution in [3.63, 3.8) is 0 Å². The molecule has 1 amide bonds. The number of carbonyl (C=O) groups excluding carboxylic acids is 1. The highest BCUT2D eigenvalue weighted by Gasteiger charge is 2.38. The van der Waals surface area contributed by atoms with Gasteiger partial charge in [0.25, 0.3) is 5.91 Å². The van der Waals surface area contributed by atoms with E-state index < -0.39 is 0 Å². The molecule has 1 heterocycles. The Hall–Kier alpha value is -2.33. The average Bonchev–Trinajstić information content (AvgIpc) is 2.73. The van der Waals surface area contributed by atoms with E-state index in [1.807, 2.05) is 60.7 Å².